The molecule has 21 heavy (non-hydrogen) atoms. The van der Waals surface area contributed by atoms with Crippen LogP contribution in [-0.4, -0.2) is 26.8 Å². The quantitative estimate of drug-likeness (QED) is 0.789. The second-order valence-corrected chi connectivity index (χ2v) is 4.42. The standard InChI is InChI=1S/C13H13FN4O3/c1-6-10(11(15)19)12(18(2)17-6)16-9-4-3-7(13(20)21)5-8(9)14/h3-5,16H,1-2H3,(H2,15,19)(H,20,21). The molecular weight excluding hydrogens is 279 g/mol. The van der Waals surface area contributed by atoms with E-state index in [0.29, 0.717) is 5.69 Å². The molecular formula is C13H13FN4O3. The van der Waals surface area contributed by atoms with Gasteiger partial charge in [-0.15, -0.1) is 0 Å². The molecule has 7 nitrogen and oxygen atoms in total. The third-order valence-electron chi connectivity index (χ3n) is 2.94. The van der Waals surface area contributed by atoms with Crippen molar-refractivity contribution in [2.45, 2.75) is 6.92 Å². The van der Waals surface area contributed by atoms with Gasteiger partial charge < -0.3 is 16.2 Å². The van der Waals surface area contributed by atoms with Crippen LogP contribution in [0, 0.1) is 12.7 Å². The predicted octanol–water partition coefficient (Wildman–Crippen LogP) is 1.41. The number of carboxylic acids is 1. The highest BCUT2D eigenvalue weighted by molar-refractivity contribution is 5.99. The van der Waals surface area contributed by atoms with E-state index in [9.17, 15) is 14.0 Å². The minimum atomic E-state index is -1.23. The van der Waals surface area contributed by atoms with Crippen LogP contribution in [0.2, 0.25) is 0 Å². The van der Waals surface area contributed by atoms with E-state index in [1.165, 1.54) is 16.8 Å². The lowest BCUT2D eigenvalue weighted by atomic mass is 10.2. The maximum Gasteiger partial charge on any atom is 0.335 e. The number of carbonyl (C=O) groups excluding carboxylic acids is 1. The lowest BCUT2D eigenvalue weighted by molar-refractivity contribution is 0.0696. The highest BCUT2D eigenvalue weighted by atomic mass is 19.1. The number of hydrogen-bond acceptors (Lipinski definition) is 4. The van der Waals surface area contributed by atoms with Crippen LogP contribution in [0.3, 0.4) is 0 Å². The summed E-state index contributed by atoms with van der Waals surface area (Å²) in [6, 6.07) is 3.41. The number of aryl methyl sites for hydroxylation is 2. The zero-order chi connectivity index (χ0) is 15.7. The smallest absolute Gasteiger partial charge is 0.335 e. The van der Waals surface area contributed by atoms with E-state index in [-0.39, 0.29) is 22.6 Å². The molecule has 0 saturated carbocycles. The van der Waals surface area contributed by atoms with E-state index in [1.54, 1.807) is 14.0 Å². The number of nitrogens with one attached hydrogen (secondary N) is 1. The zero-order valence-corrected chi connectivity index (χ0v) is 11.3. The Kier molecular flexibility index (Phi) is 3.62. The molecule has 2 rings (SSSR count). The Morgan fingerprint density at radius 1 is 1.43 bits per heavy atom. The molecule has 0 aliphatic rings. The maximum atomic E-state index is 13.9. The van der Waals surface area contributed by atoms with Crippen molar-refractivity contribution in [3.63, 3.8) is 0 Å². The van der Waals surface area contributed by atoms with Gasteiger partial charge in [0.25, 0.3) is 5.91 Å². The Bertz CT molecular complexity index is 739. The number of primary amides is 1. The van der Waals surface area contributed by atoms with Crippen LogP contribution >= 0.6 is 0 Å². The molecule has 0 unspecified atom stereocenters. The summed E-state index contributed by atoms with van der Waals surface area (Å²) in [6.45, 7) is 1.61. The first-order valence-corrected chi connectivity index (χ1v) is 5.94. The van der Waals surface area contributed by atoms with E-state index >= 15 is 0 Å². The van der Waals surface area contributed by atoms with E-state index < -0.39 is 17.7 Å². The van der Waals surface area contributed by atoms with Crippen LogP contribution < -0.4 is 11.1 Å². The average molecular weight is 292 g/mol. The van der Waals surface area contributed by atoms with Crippen molar-refractivity contribution < 1.29 is 19.1 Å². The van der Waals surface area contributed by atoms with Gasteiger partial charge in [-0.05, 0) is 25.1 Å². The molecule has 1 aromatic heterocycles. The summed E-state index contributed by atoms with van der Waals surface area (Å²) >= 11 is 0. The second kappa shape index (κ2) is 5.23. The van der Waals surface area contributed by atoms with Crippen molar-refractivity contribution in [3.05, 3.63) is 40.8 Å². The minimum absolute atomic E-state index is 0.0190. The molecule has 0 aliphatic carbocycles. The predicted molar refractivity (Wildman–Crippen MR) is 73.1 cm³/mol. The minimum Gasteiger partial charge on any atom is -0.478 e. The van der Waals surface area contributed by atoms with Gasteiger partial charge >= 0.3 is 5.97 Å². The normalized spacial score (nSPS) is 10.4. The highest BCUT2D eigenvalue weighted by Gasteiger charge is 2.19. The number of hydrogen-bond donors (Lipinski definition) is 3. The summed E-state index contributed by atoms with van der Waals surface area (Å²) < 4.78 is 15.3. The first-order chi connectivity index (χ1) is 9.81. The van der Waals surface area contributed by atoms with Crippen molar-refractivity contribution in [1.82, 2.24) is 9.78 Å². The average Bonchev–Trinajstić information content (AvgIpc) is 2.66. The Morgan fingerprint density at radius 2 is 2.10 bits per heavy atom. The molecule has 0 atom stereocenters. The molecule has 2 aromatic rings. The fourth-order valence-corrected chi connectivity index (χ4v) is 1.97. The maximum absolute atomic E-state index is 13.9. The molecule has 1 aromatic carbocycles. The number of benzene rings is 1. The summed E-state index contributed by atoms with van der Waals surface area (Å²) in [5, 5.41) is 15.5. The van der Waals surface area contributed by atoms with Crippen LogP contribution in [0.25, 0.3) is 0 Å². The fourth-order valence-electron chi connectivity index (χ4n) is 1.97. The van der Waals surface area contributed by atoms with Gasteiger partial charge in [-0.2, -0.15) is 5.10 Å². The van der Waals surface area contributed by atoms with Gasteiger partial charge in [-0.25, -0.2) is 9.18 Å². The molecule has 0 fully saturated rings. The number of nitrogens with zero attached hydrogens (tertiary/aromatic N) is 2. The fraction of sp³-hybridized carbons (Fsp3) is 0.154. The Morgan fingerprint density at radius 3 is 2.62 bits per heavy atom. The van der Waals surface area contributed by atoms with E-state index in [1.807, 2.05) is 0 Å². The molecule has 4 N–H and O–H groups in total. The van der Waals surface area contributed by atoms with Crippen LogP contribution in [0.15, 0.2) is 18.2 Å². The molecule has 0 spiro atoms. The van der Waals surface area contributed by atoms with Gasteiger partial charge in [0.15, 0.2) is 0 Å². The number of amides is 1. The number of carboxylic acid groups (broad SMARTS) is 1. The molecule has 0 aliphatic heterocycles. The Balaban J connectivity index is 2.44. The van der Waals surface area contributed by atoms with Gasteiger partial charge in [-0.3, -0.25) is 9.48 Å². The molecule has 1 amide bonds. The first kappa shape index (κ1) is 14.5. The Hall–Kier alpha value is -2.90. The topological polar surface area (TPSA) is 110 Å². The summed E-state index contributed by atoms with van der Waals surface area (Å²) in [5.74, 6) is -2.44. The number of rotatable bonds is 4. The van der Waals surface area contributed by atoms with Crippen molar-refractivity contribution in [2.75, 3.05) is 5.32 Å². The van der Waals surface area contributed by atoms with E-state index in [4.69, 9.17) is 10.8 Å². The highest BCUT2D eigenvalue weighted by Crippen LogP contribution is 2.25. The van der Waals surface area contributed by atoms with Crippen LogP contribution in [0.1, 0.15) is 26.4 Å². The number of aromatic nitrogens is 2. The van der Waals surface area contributed by atoms with Gasteiger partial charge in [0.1, 0.15) is 17.2 Å². The third kappa shape index (κ3) is 2.69. The van der Waals surface area contributed by atoms with Gasteiger partial charge in [0.05, 0.1) is 16.9 Å². The van der Waals surface area contributed by atoms with Crippen molar-refractivity contribution in [3.8, 4) is 0 Å². The van der Waals surface area contributed by atoms with Crippen LogP contribution in [0.5, 0.6) is 0 Å². The van der Waals surface area contributed by atoms with Gasteiger partial charge in [-0.1, -0.05) is 0 Å². The number of nitrogens with two attached hydrogens (primary N) is 1. The number of anilines is 2. The Labute approximate surface area is 119 Å². The van der Waals surface area contributed by atoms with E-state index in [0.717, 1.165) is 6.07 Å². The number of aromatic carboxylic acids is 1. The summed E-state index contributed by atoms with van der Waals surface area (Å²) in [4.78, 5) is 22.2. The molecule has 110 valence electrons. The molecule has 0 radical (unpaired) electrons. The van der Waals surface area contributed by atoms with Crippen LogP contribution in [0.4, 0.5) is 15.9 Å². The van der Waals surface area contributed by atoms with E-state index in [2.05, 4.69) is 10.4 Å². The summed E-state index contributed by atoms with van der Waals surface area (Å²) in [7, 11) is 1.57. The largest absolute Gasteiger partial charge is 0.478 e. The molecule has 0 bridgehead atoms. The molecule has 1 heterocycles. The monoisotopic (exact) mass is 292 g/mol. The summed E-state index contributed by atoms with van der Waals surface area (Å²) in [5.41, 5.74) is 5.69. The first-order valence-electron chi connectivity index (χ1n) is 5.94. The van der Waals surface area contributed by atoms with Gasteiger partial charge in [0, 0.05) is 7.05 Å². The SMILES string of the molecule is Cc1nn(C)c(Nc2ccc(C(=O)O)cc2F)c1C(N)=O. The molecule has 8 heteroatoms. The zero-order valence-electron chi connectivity index (χ0n) is 11.3. The second-order valence-electron chi connectivity index (χ2n) is 4.42. The van der Waals surface area contributed by atoms with Crippen LogP contribution in [-0.2, 0) is 7.05 Å². The lowest BCUT2D eigenvalue weighted by Gasteiger charge is -2.09. The van der Waals surface area contributed by atoms with Crippen molar-refractivity contribution in [1.29, 1.82) is 0 Å². The third-order valence-corrected chi connectivity index (χ3v) is 2.94. The number of carbonyl (C=O) groups is 2. The summed E-state index contributed by atoms with van der Waals surface area (Å²) in [6.07, 6.45) is 0. The molecule has 0 saturated heterocycles. The van der Waals surface area contributed by atoms with Crippen molar-refractivity contribution >= 4 is 23.4 Å². The lowest BCUT2D eigenvalue weighted by Crippen LogP contribution is -2.14. The van der Waals surface area contributed by atoms with Crippen molar-refractivity contribution in [2.24, 2.45) is 12.8 Å². The van der Waals surface area contributed by atoms with Gasteiger partial charge in [0.2, 0.25) is 0 Å². The number of halogens is 1.